The summed E-state index contributed by atoms with van der Waals surface area (Å²) in [4.78, 5) is 24.6. The number of nitrogens with one attached hydrogen (secondary N) is 4. The minimum atomic E-state index is -1.08. The summed E-state index contributed by atoms with van der Waals surface area (Å²) in [7, 11) is 0. The molecule has 2 rings (SSSR count). The summed E-state index contributed by atoms with van der Waals surface area (Å²) in [5, 5.41) is 25.3. The van der Waals surface area contributed by atoms with Crippen molar-refractivity contribution in [2.45, 2.75) is 44.2 Å². The molecule has 0 aliphatic heterocycles. The van der Waals surface area contributed by atoms with E-state index in [0.717, 1.165) is 18.4 Å². The number of carbonyl (C=O) groups excluding carboxylic acids is 1. The number of nitrogens with two attached hydrogens (primary N) is 1. The lowest BCUT2D eigenvalue weighted by molar-refractivity contribution is -0.142. The van der Waals surface area contributed by atoms with Crippen LogP contribution in [0.25, 0.3) is 0 Å². The Morgan fingerprint density at radius 3 is 2.12 bits per heavy atom. The number of aryl methyl sites for hydroxylation is 1. The highest BCUT2D eigenvalue weighted by Crippen LogP contribution is 2.07. The van der Waals surface area contributed by atoms with Gasteiger partial charge in [-0.2, -0.15) is 0 Å². The van der Waals surface area contributed by atoms with Gasteiger partial charge in [-0.15, -0.1) is 0 Å². The lowest BCUT2D eigenvalue weighted by Gasteiger charge is -2.22. The third-order valence-corrected chi connectivity index (χ3v) is 5.07. The summed E-state index contributed by atoms with van der Waals surface area (Å²) in [6.07, 6.45) is 2.93. The number of aliphatic carboxylic acids is 1. The number of carboxylic acids is 1. The first-order chi connectivity index (χ1) is 15.5. The van der Waals surface area contributed by atoms with Gasteiger partial charge in [-0.1, -0.05) is 60.7 Å². The Bertz CT molecular complexity index is 845. The van der Waals surface area contributed by atoms with Crippen molar-refractivity contribution < 1.29 is 14.7 Å². The van der Waals surface area contributed by atoms with Crippen molar-refractivity contribution in [3.05, 3.63) is 71.8 Å². The monoisotopic (exact) mass is 439 g/mol. The van der Waals surface area contributed by atoms with E-state index in [1.165, 1.54) is 5.56 Å². The summed E-state index contributed by atoms with van der Waals surface area (Å²) >= 11 is 0. The van der Waals surface area contributed by atoms with Gasteiger partial charge < -0.3 is 26.8 Å². The number of carboxylic acid groups (broad SMARTS) is 1. The highest BCUT2D eigenvalue weighted by atomic mass is 16.4. The van der Waals surface area contributed by atoms with E-state index < -0.39 is 18.1 Å². The number of guanidine groups is 1. The Morgan fingerprint density at radius 1 is 0.906 bits per heavy atom. The van der Waals surface area contributed by atoms with E-state index in [1.807, 2.05) is 48.5 Å². The van der Waals surface area contributed by atoms with Crippen molar-refractivity contribution in [1.82, 2.24) is 16.0 Å². The number of benzene rings is 2. The third-order valence-electron chi connectivity index (χ3n) is 5.07. The summed E-state index contributed by atoms with van der Waals surface area (Å²) in [5.74, 6) is -1.58. The van der Waals surface area contributed by atoms with Crippen molar-refractivity contribution in [1.29, 1.82) is 5.41 Å². The second-order valence-electron chi connectivity index (χ2n) is 7.67. The standard InChI is InChI=1S/C24H33N5O3/c25-24(26)28-16-8-14-20(23(31)32)29-22(30)21(17-19-11-5-2-6-12-19)27-15-7-13-18-9-3-1-4-10-18/h1-6,9-12,20-21,27H,7-8,13-17H2,(H,29,30)(H,31,32)(H4,25,26,28). The molecular formula is C24H33N5O3. The zero-order valence-electron chi connectivity index (χ0n) is 18.2. The average molecular weight is 440 g/mol. The van der Waals surface area contributed by atoms with E-state index >= 15 is 0 Å². The van der Waals surface area contributed by atoms with Crippen molar-refractivity contribution in [2.24, 2.45) is 5.73 Å². The molecule has 0 saturated carbocycles. The number of rotatable bonds is 14. The maximum absolute atomic E-state index is 13.0. The molecule has 8 heteroatoms. The normalized spacial score (nSPS) is 12.5. The molecule has 2 aromatic carbocycles. The van der Waals surface area contributed by atoms with E-state index in [4.69, 9.17) is 11.1 Å². The number of hydrogen-bond donors (Lipinski definition) is 6. The van der Waals surface area contributed by atoms with Crippen LogP contribution < -0.4 is 21.7 Å². The maximum Gasteiger partial charge on any atom is 0.326 e. The molecule has 172 valence electrons. The summed E-state index contributed by atoms with van der Waals surface area (Å²) in [5.41, 5.74) is 7.48. The summed E-state index contributed by atoms with van der Waals surface area (Å²) in [6, 6.07) is 18.3. The molecular weight excluding hydrogens is 406 g/mol. The van der Waals surface area contributed by atoms with E-state index in [9.17, 15) is 14.7 Å². The topological polar surface area (TPSA) is 140 Å². The Labute approximate surface area is 189 Å². The van der Waals surface area contributed by atoms with Crippen molar-refractivity contribution in [2.75, 3.05) is 13.1 Å². The van der Waals surface area contributed by atoms with Crippen LogP contribution in [0.2, 0.25) is 0 Å². The van der Waals surface area contributed by atoms with Gasteiger partial charge >= 0.3 is 5.97 Å². The first-order valence-corrected chi connectivity index (χ1v) is 10.9. The maximum atomic E-state index is 13.0. The van der Waals surface area contributed by atoms with Crippen LogP contribution in [0.1, 0.15) is 30.4 Å². The smallest absolute Gasteiger partial charge is 0.326 e. The van der Waals surface area contributed by atoms with Crippen LogP contribution in [0, 0.1) is 5.41 Å². The van der Waals surface area contributed by atoms with Gasteiger partial charge in [0.25, 0.3) is 0 Å². The van der Waals surface area contributed by atoms with Gasteiger partial charge in [-0.25, -0.2) is 4.79 Å². The minimum absolute atomic E-state index is 0.163. The van der Waals surface area contributed by atoms with Crippen molar-refractivity contribution in [3.8, 4) is 0 Å². The Balaban J connectivity index is 1.93. The second kappa shape index (κ2) is 13.8. The van der Waals surface area contributed by atoms with Gasteiger partial charge in [0.05, 0.1) is 6.04 Å². The lowest BCUT2D eigenvalue weighted by atomic mass is 10.0. The van der Waals surface area contributed by atoms with E-state index in [0.29, 0.717) is 25.9 Å². The van der Waals surface area contributed by atoms with Gasteiger partial charge in [-0.3, -0.25) is 10.2 Å². The quantitative estimate of drug-likeness (QED) is 0.150. The fourth-order valence-corrected chi connectivity index (χ4v) is 3.38. The summed E-state index contributed by atoms with van der Waals surface area (Å²) < 4.78 is 0. The molecule has 2 atom stereocenters. The highest BCUT2D eigenvalue weighted by Gasteiger charge is 2.25. The molecule has 7 N–H and O–H groups in total. The molecule has 8 nitrogen and oxygen atoms in total. The predicted molar refractivity (Wildman–Crippen MR) is 125 cm³/mol. The summed E-state index contributed by atoms with van der Waals surface area (Å²) in [6.45, 7) is 1.01. The number of carbonyl (C=O) groups is 2. The fraction of sp³-hybridized carbons (Fsp3) is 0.375. The van der Waals surface area contributed by atoms with Crippen LogP contribution in [0.4, 0.5) is 0 Å². The Morgan fingerprint density at radius 2 is 1.53 bits per heavy atom. The fourth-order valence-electron chi connectivity index (χ4n) is 3.38. The van der Waals surface area contributed by atoms with Gasteiger partial charge in [0.2, 0.25) is 5.91 Å². The van der Waals surface area contributed by atoms with Crippen molar-refractivity contribution >= 4 is 17.8 Å². The molecule has 0 bridgehead atoms. The van der Waals surface area contributed by atoms with Crippen LogP contribution >= 0.6 is 0 Å². The highest BCUT2D eigenvalue weighted by molar-refractivity contribution is 5.87. The molecule has 2 unspecified atom stereocenters. The second-order valence-corrected chi connectivity index (χ2v) is 7.67. The molecule has 2 aromatic rings. The first kappa shape index (κ1) is 24.9. The third kappa shape index (κ3) is 9.61. The molecule has 0 fully saturated rings. The van der Waals surface area contributed by atoms with E-state index in [2.05, 4.69) is 28.1 Å². The molecule has 0 aliphatic carbocycles. The van der Waals surface area contributed by atoms with E-state index in [1.54, 1.807) is 0 Å². The van der Waals surface area contributed by atoms with Gasteiger partial charge in [0, 0.05) is 6.54 Å². The van der Waals surface area contributed by atoms with Crippen LogP contribution in [-0.4, -0.2) is 48.1 Å². The van der Waals surface area contributed by atoms with Gasteiger partial charge in [0.15, 0.2) is 5.96 Å². The minimum Gasteiger partial charge on any atom is -0.480 e. The molecule has 0 aromatic heterocycles. The molecule has 0 spiro atoms. The number of amides is 1. The Hall–Kier alpha value is -3.39. The largest absolute Gasteiger partial charge is 0.480 e. The molecule has 0 heterocycles. The zero-order valence-corrected chi connectivity index (χ0v) is 18.2. The van der Waals surface area contributed by atoms with Crippen LogP contribution in [0.15, 0.2) is 60.7 Å². The van der Waals surface area contributed by atoms with Crippen molar-refractivity contribution in [3.63, 3.8) is 0 Å². The molecule has 0 radical (unpaired) electrons. The molecule has 1 amide bonds. The van der Waals surface area contributed by atoms with Crippen LogP contribution in [0.5, 0.6) is 0 Å². The van der Waals surface area contributed by atoms with Gasteiger partial charge in [-0.05, 0) is 49.8 Å². The predicted octanol–water partition coefficient (Wildman–Crippen LogP) is 1.65. The van der Waals surface area contributed by atoms with Crippen LogP contribution in [-0.2, 0) is 22.4 Å². The molecule has 0 aliphatic rings. The SMILES string of the molecule is N=C(N)NCCCC(NC(=O)C(Cc1ccccc1)NCCCc1ccccc1)C(=O)O. The average Bonchev–Trinajstić information content (AvgIpc) is 2.78. The van der Waals surface area contributed by atoms with Gasteiger partial charge in [0.1, 0.15) is 6.04 Å². The number of hydrogen-bond acceptors (Lipinski definition) is 4. The molecule has 0 saturated heterocycles. The van der Waals surface area contributed by atoms with Crippen LogP contribution in [0.3, 0.4) is 0 Å². The first-order valence-electron chi connectivity index (χ1n) is 10.9. The molecule has 32 heavy (non-hydrogen) atoms. The zero-order chi connectivity index (χ0) is 23.2. The van der Waals surface area contributed by atoms with E-state index in [-0.39, 0.29) is 18.3 Å². The Kier molecular flexibility index (Phi) is 10.7. The lowest BCUT2D eigenvalue weighted by Crippen LogP contribution is -2.51.